The van der Waals surface area contributed by atoms with Crippen molar-refractivity contribution in [2.75, 3.05) is 11.5 Å². The van der Waals surface area contributed by atoms with Gasteiger partial charge in [0.15, 0.2) is 0 Å². The van der Waals surface area contributed by atoms with Crippen LogP contribution in [0.3, 0.4) is 0 Å². The monoisotopic (exact) mass is 146 g/mol. The Balaban J connectivity index is 2.42. The number of thioether (sulfide) groups is 1. The van der Waals surface area contributed by atoms with Crippen LogP contribution in [0.4, 0.5) is 0 Å². The maximum absolute atomic E-state index is 8.25. The lowest BCUT2D eigenvalue weighted by molar-refractivity contribution is 0.314. The van der Waals surface area contributed by atoms with Gasteiger partial charge in [0.2, 0.25) is 0 Å². The molecule has 0 aliphatic carbocycles. The highest BCUT2D eigenvalue weighted by atomic mass is 32.2. The summed E-state index contributed by atoms with van der Waals surface area (Å²) < 4.78 is 0. The molecule has 1 aliphatic heterocycles. The van der Waals surface area contributed by atoms with Crippen LogP contribution in [-0.4, -0.2) is 22.5 Å². The quantitative estimate of drug-likeness (QED) is 0.245. The highest BCUT2D eigenvalue weighted by molar-refractivity contribution is 7.99. The van der Waals surface area contributed by atoms with Crippen LogP contribution in [0.25, 0.3) is 0 Å². The van der Waals surface area contributed by atoms with E-state index in [2.05, 4.69) is 5.16 Å². The predicted octanol–water partition coefficient (Wildman–Crippen LogP) is 0.486. The first-order valence-corrected chi connectivity index (χ1v) is 4.05. The summed E-state index contributed by atoms with van der Waals surface area (Å²) in [5, 5.41) is 11.2. The van der Waals surface area contributed by atoms with E-state index in [1.165, 1.54) is 0 Å². The Kier molecular flexibility index (Phi) is 2.22. The summed E-state index contributed by atoms with van der Waals surface area (Å²) in [7, 11) is 0. The first-order valence-electron chi connectivity index (χ1n) is 2.89. The number of nitrogens with two attached hydrogens (primary N) is 1. The van der Waals surface area contributed by atoms with Crippen LogP contribution in [0.5, 0.6) is 0 Å². The second-order valence-electron chi connectivity index (χ2n) is 2.09. The van der Waals surface area contributed by atoms with Crippen molar-refractivity contribution >= 4 is 17.6 Å². The minimum absolute atomic E-state index is 0.319. The number of nitrogens with zero attached hydrogens (tertiary/aromatic N) is 1. The van der Waals surface area contributed by atoms with E-state index in [1.54, 1.807) is 0 Å². The third kappa shape index (κ3) is 1.51. The van der Waals surface area contributed by atoms with Gasteiger partial charge in [-0.3, -0.25) is 0 Å². The number of amidine groups is 1. The third-order valence-corrected chi connectivity index (χ3v) is 2.63. The molecule has 4 heteroatoms. The molecular weight excluding hydrogens is 136 g/mol. The highest BCUT2D eigenvalue weighted by Gasteiger charge is 2.18. The molecule has 0 saturated carbocycles. The average Bonchev–Trinajstić information content (AvgIpc) is 2.37. The van der Waals surface area contributed by atoms with E-state index in [-0.39, 0.29) is 0 Å². The molecule has 1 heterocycles. The van der Waals surface area contributed by atoms with Crippen molar-refractivity contribution < 1.29 is 5.21 Å². The summed E-state index contributed by atoms with van der Waals surface area (Å²) in [6.07, 6.45) is 1.06. The van der Waals surface area contributed by atoms with E-state index < -0.39 is 0 Å². The molecule has 0 aromatic heterocycles. The summed E-state index contributed by atoms with van der Waals surface area (Å²) in [4.78, 5) is 0. The van der Waals surface area contributed by atoms with Crippen LogP contribution in [0, 0.1) is 5.92 Å². The van der Waals surface area contributed by atoms with Gasteiger partial charge in [0, 0.05) is 11.7 Å². The third-order valence-electron chi connectivity index (χ3n) is 1.46. The Morgan fingerprint density at radius 1 is 1.78 bits per heavy atom. The standard InChI is InChI=1S/C5H10N2OS/c6-5(7-8)4-1-2-9-3-4/h4,8H,1-3H2,(H2,6,7). The fourth-order valence-electron chi connectivity index (χ4n) is 0.849. The Labute approximate surface area is 58.3 Å². The first kappa shape index (κ1) is 6.74. The molecule has 0 spiro atoms. The number of hydrogen-bond acceptors (Lipinski definition) is 3. The summed E-state index contributed by atoms with van der Waals surface area (Å²) in [5.74, 6) is 2.86. The maximum Gasteiger partial charge on any atom is 0.143 e. The highest BCUT2D eigenvalue weighted by Crippen LogP contribution is 2.22. The van der Waals surface area contributed by atoms with Gasteiger partial charge in [0.05, 0.1) is 0 Å². The summed E-state index contributed by atoms with van der Waals surface area (Å²) in [5.41, 5.74) is 5.36. The van der Waals surface area contributed by atoms with Crippen LogP contribution < -0.4 is 5.73 Å². The summed E-state index contributed by atoms with van der Waals surface area (Å²) in [6.45, 7) is 0. The fourth-order valence-corrected chi connectivity index (χ4v) is 2.09. The molecule has 0 amide bonds. The van der Waals surface area contributed by atoms with Gasteiger partial charge in [-0.1, -0.05) is 5.16 Å². The summed E-state index contributed by atoms with van der Waals surface area (Å²) >= 11 is 1.85. The molecule has 0 bridgehead atoms. The van der Waals surface area contributed by atoms with Crippen molar-refractivity contribution in [2.45, 2.75) is 6.42 Å². The fraction of sp³-hybridized carbons (Fsp3) is 0.800. The summed E-state index contributed by atoms with van der Waals surface area (Å²) in [6, 6.07) is 0. The lowest BCUT2D eigenvalue weighted by Gasteiger charge is -2.02. The lowest BCUT2D eigenvalue weighted by atomic mass is 10.1. The Bertz CT molecular complexity index is 120. The van der Waals surface area contributed by atoms with Crippen molar-refractivity contribution in [1.82, 2.24) is 0 Å². The zero-order chi connectivity index (χ0) is 6.69. The molecule has 0 radical (unpaired) electrons. The number of rotatable bonds is 1. The van der Waals surface area contributed by atoms with E-state index in [4.69, 9.17) is 10.9 Å². The molecule has 52 valence electrons. The molecule has 0 aromatic carbocycles. The molecule has 1 atom stereocenters. The normalized spacial score (nSPS) is 28.9. The van der Waals surface area contributed by atoms with Crippen molar-refractivity contribution in [2.24, 2.45) is 16.8 Å². The van der Waals surface area contributed by atoms with Gasteiger partial charge in [-0.05, 0) is 12.2 Å². The van der Waals surface area contributed by atoms with Gasteiger partial charge in [0.25, 0.3) is 0 Å². The van der Waals surface area contributed by atoms with Gasteiger partial charge in [-0.2, -0.15) is 11.8 Å². The minimum atomic E-state index is 0.319. The molecule has 3 nitrogen and oxygen atoms in total. The maximum atomic E-state index is 8.25. The molecule has 1 aliphatic rings. The zero-order valence-electron chi connectivity index (χ0n) is 5.08. The van der Waals surface area contributed by atoms with E-state index >= 15 is 0 Å². The minimum Gasteiger partial charge on any atom is -0.409 e. The molecule has 1 rings (SSSR count). The van der Waals surface area contributed by atoms with E-state index in [0.717, 1.165) is 17.9 Å². The lowest BCUT2D eigenvalue weighted by Crippen LogP contribution is -2.23. The largest absolute Gasteiger partial charge is 0.409 e. The van der Waals surface area contributed by atoms with Crippen LogP contribution in [0.15, 0.2) is 5.16 Å². The van der Waals surface area contributed by atoms with Crippen LogP contribution >= 0.6 is 11.8 Å². The van der Waals surface area contributed by atoms with E-state index in [0.29, 0.717) is 11.8 Å². The molecule has 9 heavy (non-hydrogen) atoms. The smallest absolute Gasteiger partial charge is 0.143 e. The van der Waals surface area contributed by atoms with Gasteiger partial charge in [-0.25, -0.2) is 0 Å². The van der Waals surface area contributed by atoms with Gasteiger partial charge >= 0.3 is 0 Å². The Morgan fingerprint density at radius 2 is 2.56 bits per heavy atom. The Hall–Kier alpha value is -0.380. The predicted molar refractivity (Wildman–Crippen MR) is 38.8 cm³/mol. The molecule has 0 aromatic rings. The van der Waals surface area contributed by atoms with Crippen molar-refractivity contribution in [3.63, 3.8) is 0 Å². The number of oxime groups is 1. The molecular formula is C5H10N2OS. The SMILES string of the molecule is N/C(=N\O)C1CCSC1. The van der Waals surface area contributed by atoms with Crippen molar-refractivity contribution in [1.29, 1.82) is 0 Å². The van der Waals surface area contributed by atoms with E-state index in [9.17, 15) is 0 Å². The Morgan fingerprint density at radius 3 is 3.00 bits per heavy atom. The van der Waals surface area contributed by atoms with Gasteiger partial charge in [-0.15, -0.1) is 0 Å². The van der Waals surface area contributed by atoms with Crippen LogP contribution in [0.2, 0.25) is 0 Å². The molecule has 1 fully saturated rings. The zero-order valence-corrected chi connectivity index (χ0v) is 5.90. The van der Waals surface area contributed by atoms with Crippen LogP contribution in [0.1, 0.15) is 6.42 Å². The van der Waals surface area contributed by atoms with Crippen molar-refractivity contribution in [3.8, 4) is 0 Å². The van der Waals surface area contributed by atoms with Gasteiger partial charge in [0.1, 0.15) is 5.84 Å². The average molecular weight is 146 g/mol. The molecule has 1 saturated heterocycles. The van der Waals surface area contributed by atoms with Crippen LogP contribution in [-0.2, 0) is 0 Å². The second kappa shape index (κ2) is 2.96. The molecule has 1 unspecified atom stereocenters. The number of hydrogen-bond donors (Lipinski definition) is 2. The molecule has 3 N–H and O–H groups in total. The van der Waals surface area contributed by atoms with Gasteiger partial charge < -0.3 is 10.9 Å². The topological polar surface area (TPSA) is 58.6 Å². The van der Waals surface area contributed by atoms with E-state index in [1.807, 2.05) is 11.8 Å². The first-order chi connectivity index (χ1) is 4.34. The second-order valence-corrected chi connectivity index (χ2v) is 3.24. The van der Waals surface area contributed by atoms with Crippen molar-refractivity contribution in [3.05, 3.63) is 0 Å².